The van der Waals surface area contributed by atoms with Gasteiger partial charge in [-0.2, -0.15) is 0 Å². The van der Waals surface area contributed by atoms with E-state index >= 15 is 0 Å². The van der Waals surface area contributed by atoms with Crippen LogP contribution < -0.4 is 0 Å². The zero-order valence-corrected chi connectivity index (χ0v) is 4.14. The van der Waals surface area contributed by atoms with Crippen LogP contribution in [0.1, 0.15) is 0 Å². The molecule has 39 valence electrons. The van der Waals surface area contributed by atoms with Gasteiger partial charge in [0.25, 0.3) is 0 Å². The Morgan fingerprint density at radius 2 is 2.62 bits per heavy atom. The molecule has 0 bridgehead atoms. The van der Waals surface area contributed by atoms with E-state index in [2.05, 4.69) is 11.1 Å². The topological polar surface area (TPSA) is 28.9 Å². The summed E-state index contributed by atoms with van der Waals surface area (Å²) in [5, 5.41) is 0. The molecule has 0 aromatic carbocycles. The van der Waals surface area contributed by atoms with E-state index in [9.17, 15) is 0 Å². The van der Waals surface area contributed by atoms with Crippen LogP contribution in [0.15, 0.2) is 22.9 Å². The van der Waals surface area contributed by atoms with Crippen molar-refractivity contribution in [2.24, 2.45) is 0 Å². The minimum Gasteiger partial charge on any atom is -0.462 e. The number of nitrogens with one attached hydrogen (secondary N) is 1. The van der Waals surface area contributed by atoms with E-state index in [-0.39, 0.29) is 0 Å². The predicted octanol–water partition coefficient (Wildman–Crippen LogP) is 1.56. The summed E-state index contributed by atoms with van der Waals surface area (Å²) in [7, 11) is 0. The van der Waals surface area contributed by atoms with Crippen molar-refractivity contribution in [2.75, 3.05) is 0 Å². The van der Waals surface area contributed by atoms with Crippen molar-refractivity contribution in [1.29, 1.82) is 0 Å². The molecule has 0 atom stereocenters. The quantitative estimate of drug-likeness (QED) is 0.542. The highest BCUT2D eigenvalue weighted by Crippen LogP contribution is 2.10. The van der Waals surface area contributed by atoms with Gasteiger partial charge in [-0.05, 0) is 0 Å². The largest absolute Gasteiger partial charge is 0.462 e. The van der Waals surface area contributed by atoms with Crippen LogP contribution in [-0.2, 0) is 0 Å². The molecule has 0 aliphatic rings. The normalized spacial score (nSPS) is 10.5. The Balaban J connectivity index is 3.06. The third-order valence-electron chi connectivity index (χ3n) is 1.10. The number of aromatic amines is 1. The second-order valence-corrected chi connectivity index (χ2v) is 1.60. The molecule has 2 heteroatoms. The SMILES string of the molecule is [c]1c[nH]c2ccoc12. The minimum absolute atomic E-state index is 0.796. The second kappa shape index (κ2) is 1.15. The lowest BCUT2D eigenvalue weighted by Crippen LogP contribution is -1.49. The van der Waals surface area contributed by atoms with E-state index in [0.29, 0.717) is 0 Å². The van der Waals surface area contributed by atoms with Crippen LogP contribution in [0.25, 0.3) is 11.1 Å². The van der Waals surface area contributed by atoms with Gasteiger partial charge >= 0.3 is 0 Å². The maximum atomic E-state index is 4.97. The van der Waals surface area contributed by atoms with Gasteiger partial charge in [0.15, 0.2) is 5.58 Å². The van der Waals surface area contributed by atoms with E-state index in [0.717, 1.165) is 11.1 Å². The van der Waals surface area contributed by atoms with Crippen molar-refractivity contribution in [3.63, 3.8) is 0 Å². The van der Waals surface area contributed by atoms with Crippen LogP contribution in [0.5, 0.6) is 0 Å². The van der Waals surface area contributed by atoms with Gasteiger partial charge < -0.3 is 9.40 Å². The molecule has 0 fully saturated rings. The Labute approximate surface area is 46.1 Å². The van der Waals surface area contributed by atoms with Crippen molar-refractivity contribution in [3.8, 4) is 0 Å². The molecule has 0 spiro atoms. The monoisotopic (exact) mass is 106 g/mol. The molecule has 0 saturated carbocycles. The van der Waals surface area contributed by atoms with Crippen LogP contribution in [0.2, 0.25) is 0 Å². The predicted molar refractivity (Wildman–Crippen MR) is 29.4 cm³/mol. The summed E-state index contributed by atoms with van der Waals surface area (Å²) < 4.78 is 4.97. The van der Waals surface area contributed by atoms with Gasteiger partial charge in [0.05, 0.1) is 11.8 Å². The molecule has 0 aliphatic heterocycles. The lowest BCUT2D eigenvalue weighted by atomic mass is 10.5. The number of hydrogen-bond donors (Lipinski definition) is 1. The summed E-state index contributed by atoms with van der Waals surface area (Å²) >= 11 is 0. The molecule has 2 nitrogen and oxygen atoms in total. The molecule has 2 heterocycles. The van der Waals surface area contributed by atoms with Crippen LogP contribution in [0, 0.1) is 6.07 Å². The van der Waals surface area contributed by atoms with Gasteiger partial charge in [-0.15, -0.1) is 0 Å². The maximum Gasteiger partial charge on any atom is 0.159 e. The molecular weight excluding hydrogens is 102 g/mol. The van der Waals surface area contributed by atoms with Gasteiger partial charge in [-0.3, -0.25) is 0 Å². The Hall–Kier alpha value is -1.18. The molecule has 1 radical (unpaired) electrons. The zero-order valence-electron chi connectivity index (χ0n) is 4.14. The standard InChI is InChI=1S/C6H4NO/c1-3-7-5-2-4-8-6(1)5/h2-4,7H. The molecule has 0 aliphatic carbocycles. The van der Waals surface area contributed by atoms with E-state index in [1.807, 2.05) is 6.07 Å². The van der Waals surface area contributed by atoms with Crippen molar-refractivity contribution >= 4 is 11.1 Å². The van der Waals surface area contributed by atoms with Gasteiger partial charge in [0.2, 0.25) is 0 Å². The lowest BCUT2D eigenvalue weighted by Gasteiger charge is -1.65. The van der Waals surface area contributed by atoms with Crippen LogP contribution in [0.3, 0.4) is 0 Å². The van der Waals surface area contributed by atoms with Crippen molar-refractivity contribution in [1.82, 2.24) is 4.98 Å². The zero-order chi connectivity index (χ0) is 5.40. The number of rotatable bonds is 0. The first-order chi connectivity index (χ1) is 3.97. The van der Waals surface area contributed by atoms with Crippen LogP contribution in [-0.4, -0.2) is 4.98 Å². The first kappa shape index (κ1) is 3.78. The Kier molecular flexibility index (Phi) is 0.545. The Morgan fingerprint density at radius 3 is 3.50 bits per heavy atom. The lowest BCUT2D eigenvalue weighted by molar-refractivity contribution is 0.616. The highest BCUT2D eigenvalue weighted by molar-refractivity contribution is 5.71. The fraction of sp³-hybridized carbons (Fsp3) is 0. The molecular formula is C6H4NO. The van der Waals surface area contributed by atoms with E-state index in [4.69, 9.17) is 4.42 Å². The first-order valence-electron chi connectivity index (χ1n) is 2.39. The molecule has 1 N–H and O–H groups in total. The number of aromatic nitrogens is 1. The minimum atomic E-state index is 0.796. The van der Waals surface area contributed by atoms with E-state index in [1.54, 1.807) is 12.5 Å². The van der Waals surface area contributed by atoms with Crippen LogP contribution >= 0.6 is 0 Å². The third kappa shape index (κ3) is 0.320. The molecule has 0 saturated heterocycles. The van der Waals surface area contributed by atoms with E-state index < -0.39 is 0 Å². The average molecular weight is 106 g/mol. The molecule has 2 aromatic rings. The summed E-state index contributed by atoms with van der Waals surface area (Å²) in [5.41, 5.74) is 1.80. The fourth-order valence-electron chi connectivity index (χ4n) is 0.714. The maximum absolute atomic E-state index is 4.97. The molecule has 2 rings (SSSR count). The Morgan fingerprint density at radius 1 is 1.62 bits per heavy atom. The van der Waals surface area contributed by atoms with Gasteiger partial charge in [0, 0.05) is 18.3 Å². The molecule has 2 aromatic heterocycles. The van der Waals surface area contributed by atoms with Gasteiger partial charge in [0.1, 0.15) is 0 Å². The van der Waals surface area contributed by atoms with Crippen molar-refractivity contribution in [3.05, 3.63) is 24.6 Å². The van der Waals surface area contributed by atoms with Gasteiger partial charge in [-0.1, -0.05) is 0 Å². The smallest absolute Gasteiger partial charge is 0.159 e. The number of H-pyrrole nitrogens is 1. The third-order valence-corrected chi connectivity index (χ3v) is 1.10. The summed E-state index contributed by atoms with van der Waals surface area (Å²) in [5.74, 6) is 0. The fourth-order valence-corrected chi connectivity index (χ4v) is 0.714. The summed E-state index contributed by atoms with van der Waals surface area (Å²) in [6.07, 6.45) is 3.37. The highest BCUT2D eigenvalue weighted by atomic mass is 16.3. The summed E-state index contributed by atoms with van der Waals surface area (Å²) in [6.45, 7) is 0. The molecule has 0 amide bonds. The second-order valence-electron chi connectivity index (χ2n) is 1.60. The number of furan rings is 1. The Bertz CT molecular complexity index is 230. The summed E-state index contributed by atoms with van der Waals surface area (Å²) in [4.78, 5) is 2.95. The average Bonchev–Trinajstić information content (AvgIpc) is 2.15. The van der Waals surface area contributed by atoms with Crippen LogP contribution in [0.4, 0.5) is 0 Å². The van der Waals surface area contributed by atoms with E-state index in [1.165, 1.54) is 0 Å². The highest BCUT2D eigenvalue weighted by Gasteiger charge is 1.92. The molecule has 0 unspecified atom stereocenters. The molecule has 8 heavy (non-hydrogen) atoms. The van der Waals surface area contributed by atoms with Crippen molar-refractivity contribution in [2.45, 2.75) is 0 Å². The number of hydrogen-bond acceptors (Lipinski definition) is 1. The van der Waals surface area contributed by atoms with Crippen molar-refractivity contribution < 1.29 is 4.42 Å². The van der Waals surface area contributed by atoms with Gasteiger partial charge in [-0.25, -0.2) is 0 Å². The first-order valence-corrected chi connectivity index (χ1v) is 2.39. The summed E-state index contributed by atoms with van der Waals surface area (Å²) in [6, 6.07) is 4.74. The number of fused-ring (bicyclic) bond motifs is 1.